The van der Waals surface area contributed by atoms with Crippen LogP contribution in [0.25, 0.3) is 11.1 Å². The second kappa shape index (κ2) is 8.27. The summed E-state index contributed by atoms with van der Waals surface area (Å²) in [6.45, 7) is 1.23. The molecule has 3 aromatic rings. The van der Waals surface area contributed by atoms with Gasteiger partial charge in [0.2, 0.25) is 0 Å². The molecule has 150 valence electrons. The number of aliphatic hydroxyl groups is 1. The van der Waals surface area contributed by atoms with Crippen LogP contribution in [0.1, 0.15) is 21.5 Å². The van der Waals surface area contributed by atoms with Crippen molar-refractivity contribution in [2.75, 3.05) is 18.0 Å². The molecule has 2 N–H and O–H groups in total. The Balaban J connectivity index is 1.58. The number of hydrogen-bond acceptors (Lipinski definition) is 5. The lowest BCUT2D eigenvalue weighted by Gasteiger charge is -2.41. The molecule has 0 unspecified atom stereocenters. The fourth-order valence-corrected chi connectivity index (χ4v) is 3.60. The summed E-state index contributed by atoms with van der Waals surface area (Å²) in [5.74, 6) is -0.274. The molecule has 1 saturated heterocycles. The van der Waals surface area contributed by atoms with Crippen molar-refractivity contribution in [3.05, 3.63) is 83.4 Å². The molecule has 0 aromatic heterocycles. The van der Waals surface area contributed by atoms with Gasteiger partial charge in [-0.15, -0.1) is 0 Å². The molecule has 1 aliphatic rings. The van der Waals surface area contributed by atoms with E-state index in [0.29, 0.717) is 29.8 Å². The summed E-state index contributed by atoms with van der Waals surface area (Å²) in [7, 11) is 0. The van der Waals surface area contributed by atoms with Gasteiger partial charge in [0.25, 0.3) is 0 Å². The molecule has 0 saturated carbocycles. The fourth-order valence-electron chi connectivity index (χ4n) is 3.60. The van der Waals surface area contributed by atoms with Gasteiger partial charge in [-0.3, -0.25) is 0 Å². The molecule has 6 nitrogen and oxygen atoms in total. The number of carbonyl (C=O) groups is 1. The molecule has 1 heterocycles. The van der Waals surface area contributed by atoms with Crippen molar-refractivity contribution >= 4 is 11.7 Å². The molecule has 1 aliphatic heterocycles. The number of nitrogens with zero attached hydrogens (tertiary/aromatic N) is 2. The van der Waals surface area contributed by atoms with E-state index >= 15 is 0 Å². The van der Waals surface area contributed by atoms with Crippen molar-refractivity contribution in [2.24, 2.45) is 0 Å². The Bertz CT molecular complexity index is 1110. The van der Waals surface area contributed by atoms with Crippen LogP contribution >= 0.6 is 0 Å². The summed E-state index contributed by atoms with van der Waals surface area (Å²) >= 11 is 0. The Hall–Kier alpha value is -3.82. The molecule has 6 heteroatoms. The standard InChI is InChI=1S/C24H20N2O4/c25-12-17-3-1-4-18(11-17)23-21(24(28)29)5-2-6-22(23)26-13-20(14-26)30-19-9-7-16(15-27)8-10-19/h1-11,20,27H,13-15H2,(H,28,29). The number of benzene rings is 3. The van der Waals surface area contributed by atoms with Gasteiger partial charge in [0.1, 0.15) is 11.9 Å². The number of ether oxygens (including phenoxy) is 1. The van der Waals surface area contributed by atoms with Crippen LogP contribution < -0.4 is 9.64 Å². The van der Waals surface area contributed by atoms with Gasteiger partial charge in [0.05, 0.1) is 36.9 Å². The van der Waals surface area contributed by atoms with E-state index in [1.165, 1.54) is 0 Å². The quantitative estimate of drug-likeness (QED) is 0.656. The Kier molecular flexibility index (Phi) is 5.38. The third kappa shape index (κ3) is 3.84. The Labute approximate surface area is 174 Å². The second-order valence-electron chi connectivity index (χ2n) is 7.14. The van der Waals surface area contributed by atoms with E-state index in [2.05, 4.69) is 11.0 Å². The van der Waals surface area contributed by atoms with Crippen LogP contribution in [-0.2, 0) is 6.61 Å². The number of rotatable bonds is 6. The van der Waals surface area contributed by atoms with Gasteiger partial charge in [-0.2, -0.15) is 5.26 Å². The van der Waals surface area contributed by atoms with Crippen molar-refractivity contribution in [1.29, 1.82) is 5.26 Å². The van der Waals surface area contributed by atoms with E-state index in [0.717, 1.165) is 17.0 Å². The zero-order valence-corrected chi connectivity index (χ0v) is 16.2. The third-order valence-electron chi connectivity index (χ3n) is 5.15. The van der Waals surface area contributed by atoms with Gasteiger partial charge < -0.3 is 19.8 Å². The zero-order valence-electron chi connectivity index (χ0n) is 16.2. The maximum atomic E-state index is 11.9. The molecule has 0 spiro atoms. The van der Waals surface area contributed by atoms with Crippen LogP contribution in [0.2, 0.25) is 0 Å². The highest BCUT2D eigenvalue weighted by Crippen LogP contribution is 2.37. The molecule has 0 aliphatic carbocycles. The number of anilines is 1. The van der Waals surface area contributed by atoms with Crippen molar-refractivity contribution in [2.45, 2.75) is 12.7 Å². The minimum absolute atomic E-state index is 0.00676. The summed E-state index contributed by atoms with van der Waals surface area (Å²) in [6.07, 6.45) is -0.0169. The predicted molar refractivity (Wildman–Crippen MR) is 113 cm³/mol. The fraction of sp³-hybridized carbons (Fsp3) is 0.167. The molecular formula is C24H20N2O4. The first kappa shape index (κ1) is 19.5. The molecule has 3 aromatic carbocycles. The van der Waals surface area contributed by atoms with Gasteiger partial charge in [-0.25, -0.2) is 4.79 Å². The maximum Gasteiger partial charge on any atom is 0.336 e. The maximum absolute atomic E-state index is 11.9. The van der Waals surface area contributed by atoms with E-state index in [1.54, 1.807) is 30.3 Å². The van der Waals surface area contributed by atoms with Gasteiger partial charge in [0, 0.05) is 11.3 Å². The number of aromatic carboxylic acids is 1. The van der Waals surface area contributed by atoms with E-state index in [-0.39, 0.29) is 18.3 Å². The summed E-state index contributed by atoms with van der Waals surface area (Å²) in [5, 5.41) is 28.1. The van der Waals surface area contributed by atoms with Crippen molar-refractivity contribution in [1.82, 2.24) is 0 Å². The van der Waals surface area contributed by atoms with Crippen molar-refractivity contribution < 1.29 is 19.7 Å². The van der Waals surface area contributed by atoms with E-state index in [1.807, 2.05) is 36.4 Å². The first-order chi connectivity index (χ1) is 14.6. The largest absolute Gasteiger partial charge is 0.487 e. The van der Waals surface area contributed by atoms with Crippen LogP contribution in [0.4, 0.5) is 5.69 Å². The van der Waals surface area contributed by atoms with Crippen LogP contribution in [0.15, 0.2) is 66.7 Å². The lowest BCUT2D eigenvalue weighted by atomic mass is 9.94. The first-order valence-corrected chi connectivity index (χ1v) is 9.57. The minimum Gasteiger partial charge on any atom is -0.487 e. The first-order valence-electron chi connectivity index (χ1n) is 9.57. The number of carboxylic acids is 1. The van der Waals surface area contributed by atoms with Crippen LogP contribution in [0, 0.1) is 11.3 Å². The normalized spacial score (nSPS) is 13.4. The van der Waals surface area contributed by atoms with Gasteiger partial charge in [0.15, 0.2) is 0 Å². The predicted octanol–water partition coefficient (Wildman–Crippen LogP) is 3.68. The van der Waals surface area contributed by atoms with E-state index in [4.69, 9.17) is 9.84 Å². The number of hydrogen-bond donors (Lipinski definition) is 2. The lowest BCUT2D eigenvalue weighted by molar-refractivity contribution is 0.0697. The highest BCUT2D eigenvalue weighted by atomic mass is 16.5. The Morgan fingerprint density at radius 2 is 1.83 bits per heavy atom. The molecule has 0 bridgehead atoms. The van der Waals surface area contributed by atoms with Gasteiger partial charge >= 0.3 is 5.97 Å². The highest BCUT2D eigenvalue weighted by molar-refractivity contribution is 6.00. The highest BCUT2D eigenvalue weighted by Gasteiger charge is 2.31. The summed E-state index contributed by atoms with van der Waals surface area (Å²) in [6, 6.07) is 21.6. The average molecular weight is 400 g/mol. The molecular weight excluding hydrogens is 380 g/mol. The summed E-state index contributed by atoms with van der Waals surface area (Å²) in [5.41, 5.74) is 3.62. The topological polar surface area (TPSA) is 93.8 Å². The lowest BCUT2D eigenvalue weighted by Crippen LogP contribution is -2.54. The van der Waals surface area contributed by atoms with E-state index < -0.39 is 5.97 Å². The Morgan fingerprint density at radius 3 is 2.50 bits per heavy atom. The van der Waals surface area contributed by atoms with Crippen LogP contribution in [0.5, 0.6) is 5.75 Å². The SMILES string of the molecule is N#Cc1cccc(-c2c(C(=O)O)cccc2N2CC(Oc3ccc(CO)cc3)C2)c1. The van der Waals surface area contributed by atoms with Crippen molar-refractivity contribution in [3.63, 3.8) is 0 Å². The molecule has 1 fully saturated rings. The number of carboxylic acid groups (broad SMARTS) is 1. The number of aliphatic hydroxyl groups excluding tert-OH is 1. The summed E-state index contributed by atoms with van der Waals surface area (Å²) in [4.78, 5) is 13.9. The third-order valence-corrected chi connectivity index (χ3v) is 5.15. The van der Waals surface area contributed by atoms with Crippen molar-refractivity contribution in [3.8, 4) is 22.9 Å². The van der Waals surface area contributed by atoms with Crippen LogP contribution in [0.3, 0.4) is 0 Å². The smallest absolute Gasteiger partial charge is 0.336 e. The summed E-state index contributed by atoms with van der Waals surface area (Å²) < 4.78 is 5.98. The Morgan fingerprint density at radius 1 is 1.10 bits per heavy atom. The molecule has 0 radical (unpaired) electrons. The zero-order chi connectivity index (χ0) is 21.1. The van der Waals surface area contributed by atoms with Crippen LogP contribution in [-0.4, -0.2) is 35.4 Å². The number of nitriles is 1. The molecule has 4 rings (SSSR count). The van der Waals surface area contributed by atoms with E-state index in [9.17, 15) is 15.2 Å². The van der Waals surface area contributed by atoms with Gasteiger partial charge in [-0.05, 0) is 47.5 Å². The minimum atomic E-state index is -1.01. The monoisotopic (exact) mass is 400 g/mol. The molecule has 0 atom stereocenters. The second-order valence-corrected chi connectivity index (χ2v) is 7.14. The van der Waals surface area contributed by atoms with Gasteiger partial charge in [-0.1, -0.05) is 30.3 Å². The molecule has 0 amide bonds. The average Bonchev–Trinajstić information content (AvgIpc) is 2.76. The molecule has 30 heavy (non-hydrogen) atoms.